The molecule has 0 unspecified atom stereocenters. The largest absolute Gasteiger partial charge is 0.396 e. The Balaban J connectivity index is 1.25. The van der Waals surface area contributed by atoms with Gasteiger partial charge in [0.05, 0.1) is 0 Å². The van der Waals surface area contributed by atoms with Gasteiger partial charge in [0.25, 0.3) is 0 Å². The number of rotatable bonds is 8. The van der Waals surface area contributed by atoms with Crippen LogP contribution >= 0.6 is 0 Å². The van der Waals surface area contributed by atoms with Crippen molar-refractivity contribution in [2.24, 2.45) is 0 Å². The Morgan fingerprint density at radius 2 is 1.61 bits per heavy atom. The van der Waals surface area contributed by atoms with Gasteiger partial charge in [-0.2, -0.15) is 0 Å². The summed E-state index contributed by atoms with van der Waals surface area (Å²) in [6.45, 7) is 7.67. The Bertz CT molecular complexity index is 777. The fourth-order valence-electron chi connectivity index (χ4n) is 5.14. The maximum Gasteiger partial charge on any atom is 0.123 e. The van der Waals surface area contributed by atoms with E-state index in [-0.39, 0.29) is 12.4 Å². The van der Waals surface area contributed by atoms with Gasteiger partial charge in [0.15, 0.2) is 0 Å². The molecule has 5 heteroatoms. The molecular weight excluding hydrogens is 389 g/mol. The Morgan fingerprint density at radius 1 is 0.871 bits per heavy atom. The quantitative estimate of drug-likeness (QED) is 0.702. The first kappa shape index (κ1) is 22.4. The van der Waals surface area contributed by atoms with Gasteiger partial charge < -0.3 is 10.0 Å². The zero-order valence-electron chi connectivity index (χ0n) is 18.5. The molecule has 168 valence electrons. The van der Waals surface area contributed by atoms with Crippen molar-refractivity contribution in [1.29, 1.82) is 0 Å². The molecule has 0 amide bonds. The van der Waals surface area contributed by atoms with E-state index in [0.29, 0.717) is 12.1 Å². The lowest BCUT2D eigenvalue weighted by atomic mass is 9.99. The molecule has 0 spiro atoms. The average molecular weight is 426 g/mol. The molecule has 4 nitrogen and oxygen atoms in total. The zero-order valence-corrected chi connectivity index (χ0v) is 18.5. The second-order valence-corrected chi connectivity index (χ2v) is 9.07. The topological polar surface area (TPSA) is 30.0 Å². The molecule has 0 aliphatic carbocycles. The molecular formula is C26H36FN3O. The van der Waals surface area contributed by atoms with Crippen LogP contribution in [0, 0.1) is 5.82 Å². The highest BCUT2D eigenvalue weighted by Gasteiger charge is 2.32. The zero-order chi connectivity index (χ0) is 21.5. The Labute approximate surface area is 186 Å². The second kappa shape index (κ2) is 11.2. The molecule has 4 rings (SSSR count). The van der Waals surface area contributed by atoms with Crippen molar-refractivity contribution in [3.05, 3.63) is 71.5 Å². The summed E-state index contributed by atoms with van der Waals surface area (Å²) in [5, 5.41) is 9.62. The first-order chi connectivity index (χ1) is 15.2. The fraction of sp³-hybridized carbons (Fsp3) is 0.538. The monoisotopic (exact) mass is 425 g/mol. The van der Waals surface area contributed by atoms with Gasteiger partial charge >= 0.3 is 0 Å². The lowest BCUT2D eigenvalue weighted by Crippen LogP contribution is -2.57. The Hall–Kier alpha value is -1.79. The Morgan fingerprint density at radius 3 is 2.32 bits per heavy atom. The molecule has 0 aromatic heterocycles. The van der Waals surface area contributed by atoms with Crippen LogP contribution in [0.2, 0.25) is 0 Å². The summed E-state index contributed by atoms with van der Waals surface area (Å²) >= 11 is 0. The lowest BCUT2D eigenvalue weighted by molar-refractivity contribution is 0.0132. The fourth-order valence-corrected chi connectivity index (χ4v) is 5.14. The van der Waals surface area contributed by atoms with Crippen molar-refractivity contribution in [3.63, 3.8) is 0 Å². The standard InChI is InChI=1S/C26H36FN3O/c27-24-8-6-23(7-9-24)20-29-17-18-30(21-26(29)13-19-31)25-11-15-28(16-12-25)14-10-22-4-2-1-3-5-22/h1-9,25-26,31H,10-21H2/t26-/m0/s1. The van der Waals surface area contributed by atoms with E-state index < -0.39 is 0 Å². The molecule has 2 aliphatic heterocycles. The van der Waals surface area contributed by atoms with E-state index >= 15 is 0 Å². The number of benzene rings is 2. The van der Waals surface area contributed by atoms with Gasteiger partial charge in [-0.05, 0) is 62.0 Å². The van der Waals surface area contributed by atoms with Crippen molar-refractivity contribution in [1.82, 2.24) is 14.7 Å². The number of piperazine rings is 1. The van der Waals surface area contributed by atoms with E-state index in [9.17, 15) is 9.50 Å². The number of hydrogen-bond acceptors (Lipinski definition) is 4. The van der Waals surface area contributed by atoms with Crippen molar-refractivity contribution in [3.8, 4) is 0 Å². The minimum atomic E-state index is -0.185. The molecule has 31 heavy (non-hydrogen) atoms. The summed E-state index contributed by atoms with van der Waals surface area (Å²) in [5.74, 6) is -0.185. The number of halogens is 1. The third kappa shape index (κ3) is 6.36. The first-order valence-corrected chi connectivity index (χ1v) is 11.8. The predicted molar refractivity (Wildman–Crippen MR) is 123 cm³/mol. The van der Waals surface area contributed by atoms with Gasteiger partial charge in [-0.3, -0.25) is 9.80 Å². The van der Waals surface area contributed by atoms with Crippen molar-refractivity contribution in [2.45, 2.75) is 44.3 Å². The van der Waals surface area contributed by atoms with Crippen molar-refractivity contribution in [2.75, 3.05) is 45.9 Å². The first-order valence-electron chi connectivity index (χ1n) is 11.8. The lowest BCUT2D eigenvalue weighted by Gasteiger charge is -2.46. The summed E-state index contributed by atoms with van der Waals surface area (Å²) in [5.41, 5.74) is 2.57. The van der Waals surface area contributed by atoms with Crippen LogP contribution < -0.4 is 0 Å². The van der Waals surface area contributed by atoms with Gasteiger partial charge in [-0.25, -0.2) is 4.39 Å². The van der Waals surface area contributed by atoms with Crippen LogP contribution in [0.5, 0.6) is 0 Å². The molecule has 0 bridgehead atoms. The third-order valence-corrected chi connectivity index (χ3v) is 7.03. The van der Waals surface area contributed by atoms with E-state index in [1.54, 1.807) is 0 Å². The van der Waals surface area contributed by atoms with Crippen LogP contribution in [0.3, 0.4) is 0 Å². The molecule has 2 aromatic carbocycles. The van der Waals surface area contributed by atoms with Crippen molar-refractivity contribution < 1.29 is 9.50 Å². The molecule has 2 aromatic rings. The molecule has 2 saturated heterocycles. The SMILES string of the molecule is OCC[C@H]1CN(C2CCN(CCc3ccccc3)CC2)CCN1Cc1ccc(F)cc1. The van der Waals surface area contributed by atoms with Gasteiger partial charge in [0, 0.05) is 51.4 Å². The minimum Gasteiger partial charge on any atom is -0.396 e. The molecule has 1 N–H and O–H groups in total. The van der Waals surface area contributed by atoms with E-state index in [4.69, 9.17) is 0 Å². The maximum atomic E-state index is 13.2. The van der Waals surface area contributed by atoms with Crippen LogP contribution in [0.25, 0.3) is 0 Å². The highest BCUT2D eigenvalue weighted by molar-refractivity contribution is 5.16. The van der Waals surface area contributed by atoms with Crippen LogP contribution in [-0.4, -0.2) is 77.8 Å². The average Bonchev–Trinajstić information content (AvgIpc) is 2.81. The molecule has 2 heterocycles. The minimum absolute atomic E-state index is 0.185. The number of likely N-dealkylation sites (tertiary alicyclic amines) is 1. The van der Waals surface area contributed by atoms with Gasteiger partial charge in [-0.15, -0.1) is 0 Å². The summed E-state index contributed by atoms with van der Waals surface area (Å²) in [7, 11) is 0. The molecule has 2 fully saturated rings. The smallest absolute Gasteiger partial charge is 0.123 e. The number of aliphatic hydroxyl groups is 1. The van der Waals surface area contributed by atoms with E-state index in [2.05, 4.69) is 45.0 Å². The summed E-state index contributed by atoms with van der Waals surface area (Å²) in [6.07, 6.45) is 4.40. The summed E-state index contributed by atoms with van der Waals surface area (Å²) in [6, 6.07) is 18.6. The van der Waals surface area contributed by atoms with Crippen LogP contribution in [0.4, 0.5) is 4.39 Å². The van der Waals surface area contributed by atoms with Gasteiger partial charge in [-0.1, -0.05) is 42.5 Å². The normalized spacial score (nSPS) is 22.1. The third-order valence-electron chi connectivity index (χ3n) is 7.03. The van der Waals surface area contributed by atoms with E-state index in [1.165, 1.54) is 43.6 Å². The number of hydrogen-bond donors (Lipinski definition) is 1. The van der Waals surface area contributed by atoms with E-state index in [0.717, 1.165) is 51.1 Å². The van der Waals surface area contributed by atoms with Gasteiger partial charge in [0.1, 0.15) is 5.82 Å². The van der Waals surface area contributed by atoms with E-state index in [1.807, 2.05) is 12.1 Å². The molecule has 2 aliphatic rings. The number of aliphatic hydroxyl groups excluding tert-OH is 1. The van der Waals surface area contributed by atoms with Gasteiger partial charge in [0.2, 0.25) is 0 Å². The second-order valence-electron chi connectivity index (χ2n) is 9.07. The highest BCUT2D eigenvalue weighted by atomic mass is 19.1. The summed E-state index contributed by atoms with van der Waals surface area (Å²) in [4.78, 5) is 7.74. The Kier molecular flexibility index (Phi) is 8.09. The summed E-state index contributed by atoms with van der Waals surface area (Å²) < 4.78 is 13.2. The highest BCUT2D eigenvalue weighted by Crippen LogP contribution is 2.23. The van der Waals surface area contributed by atoms with Crippen LogP contribution in [0.1, 0.15) is 30.4 Å². The molecule has 0 saturated carbocycles. The van der Waals surface area contributed by atoms with Crippen molar-refractivity contribution >= 4 is 0 Å². The molecule has 0 radical (unpaired) electrons. The van der Waals surface area contributed by atoms with Crippen LogP contribution in [-0.2, 0) is 13.0 Å². The van der Waals surface area contributed by atoms with Crippen LogP contribution in [0.15, 0.2) is 54.6 Å². The molecule has 1 atom stereocenters. The number of nitrogens with zero attached hydrogens (tertiary/aromatic N) is 3. The maximum absolute atomic E-state index is 13.2. The number of piperidine rings is 1. The predicted octanol–water partition coefficient (Wildman–Crippen LogP) is 3.40.